The third-order valence-electron chi connectivity index (χ3n) is 5.28. The number of benzene rings is 1. The summed E-state index contributed by atoms with van der Waals surface area (Å²) in [7, 11) is 0. The number of rotatable bonds is 4. The number of aromatic nitrogens is 1. The summed E-state index contributed by atoms with van der Waals surface area (Å²) in [5.74, 6) is -0.0136. The maximum absolute atomic E-state index is 13.4. The summed E-state index contributed by atoms with van der Waals surface area (Å²) in [4.78, 5) is 33.2. The van der Waals surface area contributed by atoms with E-state index < -0.39 is 0 Å². The van der Waals surface area contributed by atoms with Crippen molar-refractivity contribution in [3.63, 3.8) is 0 Å². The van der Waals surface area contributed by atoms with E-state index in [-0.39, 0.29) is 17.6 Å². The van der Waals surface area contributed by atoms with Crippen molar-refractivity contribution in [3.8, 4) is 11.1 Å². The lowest BCUT2D eigenvalue weighted by atomic mass is 9.91. The number of thiophene rings is 1. The number of carbonyl (C=O) groups is 2. The highest BCUT2D eigenvalue weighted by molar-refractivity contribution is 7.12. The van der Waals surface area contributed by atoms with Gasteiger partial charge in [0.1, 0.15) is 0 Å². The van der Waals surface area contributed by atoms with Crippen LogP contribution < -0.4 is 0 Å². The van der Waals surface area contributed by atoms with Gasteiger partial charge in [-0.2, -0.15) is 0 Å². The first-order valence-corrected chi connectivity index (χ1v) is 10.4. The first-order valence-electron chi connectivity index (χ1n) is 9.53. The molecule has 1 aliphatic rings. The van der Waals surface area contributed by atoms with Crippen molar-refractivity contribution in [2.24, 2.45) is 5.92 Å². The van der Waals surface area contributed by atoms with Gasteiger partial charge in [-0.15, -0.1) is 11.3 Å². The lowest BCUT2D eigenvalue weighted by molar-refractivity contribution is 0.0638. The number of amides is 1. The van der Waals surface area contributed by atoms with Gasteiger partial charge >= 0.3 is 0 Å². The highest BCUT2D eigenvalue weighted by Crippen LogP contribution is 2.29. The number of piperidine rings is 1. The molecule has 1 aliphatic heterocycles. The van der Waals surface area contributed by atoms with Crippen LogP contribution in [-0.4, -0.2) is 34.7 Å². The fourth-order valence-electron chi connectivity index (χ4n) is 3.85. The number of carbonyl (C=O) groups excluding carboxylic acids is 2. The summed E-state index contributed by atoms with van der Waals surface area (Å²) in [6.45, 7) is 3.02. The molecule has 0 aliphatic carbocycles. The highest BCUT2D eigenvalue weighted by atomic mass is 32.1. The van der Waals surface area contributed by atoms with Crippen LogP contribution >= 0.6 is 11.3 Å². The molecular formula is C23H22N2O2S. The lowest BCUT2D eigenvalue weighted by Crippen LogP contribution is -2.42. The number of pyridine rings is 1. The van der Waals surface area contributed by atoms with Gasteiger partial charge in [0.2, 0.25) is 0 Å². The molecule has 1 fully saturated rings. The van der Waals surface area contributed by atoms with E-state index in [2.05, 4.69) is 4.98 Å². The van der Waals surface area contributed by atoms with Gasteiger partial charge in [-0.3, -0.25) is 14.6 Å². The lowest BCUT2D eigenvalue weighted by Gasteiger charge is -2.32. The number of nitrogens with zero attached hydrogens (tertiary/aromatic N) is 2. The maximum atomic E-state index is 13.4. The highest BCUT2D eigenvalue weighted by Gasteiger charge is 2.31. The fraction of sp³-hybridized carbons (Fsp3) is 0.261. The molecule has 0 spiro atoms. The van der Waals surface area contributed by atoms with E-state index in [4.69, 9.17) is 0 Å². The van der Waals surface area contributed by atoms with Crippen LogP contribution in [0.5, 0.6) is 0 Å². The molecule has 4 nitrogen and oxygen atoms in total. The standard InChI is InChI=1S/C23H22N2O2S/c1-16-21(19(11-12-24-16)17-7-3-2-4-8-17)23(27)25-13-5-9-18(15-25)22(26)20-10-6-14-28-20/h2-4,6-8,10-12,14,18H,5,9,13,15H2,1H3/t18-/m1/s1. The van der Waals surface area contributed by atoms with E-state index in [1.54, 1.807) is 6.20 Å². The second kappa shape index (κ2) is 8.07. The van der Waals surface area contributed by atoms with Gasteiger partial charge in [-0.05, 0) is 48.4 Å². The SMILES string of the molecule is Cc1nccc(-c2ccccc2)c1C(=O)N1CCC[C@@H](C(=O)c2cccs2)C1. The number of ketones is 1. The van der Waals surface area contributed by atoms with Crippen molar-refractivity contribution >= 4 is 23.0 Å². The van der Waals surface area contributed by atoms with Crippen molar-refractivity contribution in [2.45, 2.75) is 19.8 Å². The molecule has 3 aromatic rings. The molecule has 4 rings (SSSR count). The van der Waals surface area contributed by atoms with Crippen LogP contribution in [0, 0.1) is 12.8 Å². The smallest absolute Gasteiger partial charge is 0.256 e. The summed E-state index contributed by atoms with van der Waals surface area (Å²) in [5.41, 5.74) is 3.25. The average Bonchev–Trinajstić information content (AvgIpc) is 3.28. The Kier molecular flexibility index (Phi) is 5.35. The monoisotopic (exact) mass is 390 g/mol. The first-order chi connectivity index (χ1) is 13.6. The first kappa shape index (κ1) is 18.6. The topological polar surface area (TPSA) is 50.3 Å². The molecule has 1 aromatic carbocycles. The normalized spacial score (nSPS) is 16.8. The van der Waals surface area contributed by atoms with Crippen molar-refractivity contribution in [2.75, 3.05) is 13.1 Å². The third kappa shape index (κ3) is 3.62. The average molecular weight is 391 g/mol. The Morgan fingerprint density at radius 1 is 1.11 bits per heavy atom. The van der Waals surface area contributed by atoms with Crippen LogP contribution in [0.25, 0.3) is 11.1 Å². The second-order valence-corrected chi connectivity index (χ2v) is 8.06. The van der Waals surface area contributed by atoms with Gasteiger partial charge < -0.3 is 4.90 Å². The minimum atomic E-state index is -0.131. The number of aryl methyl sites for hydroxylation is 1. The fourth-order valence-corrected chi connectivity index (χ4v) is 4.59. The molecule has 2 aromatic heterocycles. The van der Waals surface area contributed by atoms with E-state index in [0.29, 0.717) is 18.7 Å². The summed E-state index contributed by atoms with van der Waals surface area (Å²) >= 11 is 1.47. The molecule has 5 heteroatoms. The molecule has 3 heterocycles. The molecule has 0 unspecified atom stereocenters. The van der Waals surface area contributed by atoms with Crippen LogP contribution in [0.3, 0.4) is 0 Å². The number of likely N-dealkylation sites (tertiary alicyclic amines) is 1. The molecule has 1 atom stereocenters. The van der Waals surface area contributed by atoms with E-state index in [9.17, 15) is 9.59 Å². The Morgan fingerprint density at radius 3 is 2.68 bits per heavy atom. The molecule has 0 saturated carbocycles. The van der Waals surface area contributed by atoms with Gasteiger partial charge in [0.15, 0.2) is 5.78 Å². The summed E-state index contributed by atoms with van der Waals surface area (Å²) in [6.07, 6.45) is 3.42. The second-order valence-electron chi connectivity index (χ2n) is 7.12. The van der Waals surface area contributed by atoms with Gasteiger partial charge in [0, 0.05) is 25.2 Å². The van der Waals surface area contributed by atoms with E-state index >= 15 is 0 Å². The van der Waals surface area contributed by atoms with Crippen LogP contribution in [0.4, 0.5) is 0 Å². The van der Waals surface area contributed by atoms with Gasteiger partial charge in [-0.1, -0.05) is 36.4 Å². The molecule has 28 heavy (non-hydrogen) atoms. The molecule has 1 saturated heterocycles. The molecule has 142 valence electrons. The van der Waals surface area contributed by atoms with Gasteiger partial charge in [0.05, 0.1) is 16.1 Å². The number of Topliss-reactive ketones (excluding diaryl/α,β-unsaturated/α-hetero) is 1. The quantitative estimate of drug-likeness (QED) is 0.598. The van der Waals surface area contributed by atoms with Crippen molar-refractivity contribution in [1.29, 1.82) is 0 Å². The van der Waals surface area contributed by atoms with Crippen LogP contribution in [0.2, 0.25) is 0 Å². The molecular weight excluding hydrogens is 368 g/mol. The third-order valence-corrected chi connectivity index (χ3v) is 6.17. The Hall–Kier alpha value is -2.79. The number of hydrogen-bond donors (Lipinski definition) is 0. The molecule has 0 radical (unpaired) electrons. The Morgan fingerprint density at radius 2 is 1.93 bits per heavy atom. The Balaban J connectivity index is 1.62. The van der Waals surface area contributed by atoms with Gasteiger partial charge in [0.25, 0.3) is 5.91 Å². The van der Waals surface area contributed by atoms with Gasteiger partial charge in [-0.25, -0.2) is 0 Å². The zero-order chi connectivity index (χ0) is 19.5. The minimum absolute atomic E-state index is 0.0341. The largest absolute Gasteiger partial charge is 0.338 e. The van der Waals surface area contributed by atoms with Crippen LogP contribution in [0.1, 0.15) is 38.6 Å². The zero-order valence-corrected chi connectivity index (χ0v) is 16.6. The van der Waals surface area contributed by atoms with E-state index in [1.165, 1.54) is 11.3 Å². The minimum Gasteiger partial charge on any atom is -0.338 e. The summed E-state index contributed by atoms with van der Waals surface area (Å²) in [5, 5.41) is 1.92. The Bertz CT molecular complexity index is 983. The van der Waals surface area contributed by atoms with Crippen LogP contribution in [-0.2, 0) is 0 Å². The van der Waals surface area contributed by atoms with Crippen molar-refractivity contribution < 1.29 is 9.59 Å². The van der Waals surface area contributed by atoms with Crippen molar-refractivity contribution in [3.05, 3.63) is 76.2 Å². The molecule has 0 bridgehead atoms. The summed E-state index contributed by atoms with van der Waals surface area (Å²) < 4.78 is 0. The predicted molar refractivity (Wildman–Crippen MR) is 112 cm³/mol. The Labute approximate surface area is 168 Å². The zero-order valence-electron chi connectivity index (χ0n) is 15.8. The number of hydrogen-bond acceptors (Lipinski definition) is 4. The molecule has 1 amide bonds. The maximum Gasteiger partial charge on any atom is 0.256 e. The van der Waals surface area contributed by atoms with E-state index in [0.717, 1.165) is 34.5 Å². The van der Waals surface area contributed by atoms with Crippen molar-refractivity contribution in [1.82, 2.24) is 9.88 Å². The van der Waals surface area contributed by atoms with Crippen LogP contribution in [0.15, 0.2) is 60.1 Å². The van der Waals surface area contributed by atoms with E-state index in [1.807, 2.05) is 65.7 Å². The summed E-state index contributed by atoms with van der Waals surface area (Å²) in [6, 6.07) is 15.6. The molecule has 0 N–H and O–H groups in total. The predicted octanol–water partition coefficient (Wildman–Crippen LogP) is 4.85.